The number of hydrogen-bond donors (Lipinski definition) is 0. The molecule has 6 rings (SSSR count). The average molecular weight is 495 g/mol. The summed E-state index contributed by atoms with van der Waals surface area (Å²) in [5, 5.41) is 0. The third kappa shape index (κ3) is 4.09. The van der Waals surface area contributed by atoms with Crippen molar-refractivity contribution in [2.24, 2.45) is 35.5 Å². The third-order valence-electron chi connectivity index (χ3n) is 11.5. The van der Waals surface area contributed by atoms with Crippen molar-refractivity contribution in [3.8, 4) is 0 Å². The van der Waals surface area contributed by atoms with Crippen LogP contribution in [-0.2, 0) is 9.53 Å². The molecule has 4 aliphatic carbocycles. The minimum absolute atomic E-state index is 0.0241. The Labute approximate surface area is 219 Å². The molecule has 1 spiro atoms. The Balaban J connectivity index is 1.26. The number of allylic oxidation sites excluding steroid dienone is 3. The predicted octanol–water partition coefficient (Wildman–Crippen LogP) is 5.87. The number of carbonyl (C=O) groups is 1. The predicted molar refractivity (Wildman–Crippen MR) is 146 cm³/mol. The summed E-state index contributed by atoms with van der Waals surface area (Å²) < 4.78 is 7.24. The molecule has 0 aromatic carbocycles. The zero-order valence-corrected chi connectivity index (χ0v) is 23.8. The van der Waals surface area contributed by atoms with Crippen molar-refractivity contribution in [2.45, 2.75) is 103 Å². The second-order valence-electron chi connectivity index (χ2n) is 14.2. The topological polar surface area (TPSA) is 32.8 Å². The van der Waals surface area contributed by atoms with Crippen LogP contribution in [0.15, 0.2) is 22.3 Å². The molecular formula is C32H50N2O2. The van der Waals surface area contributed by atoms with E-state index in [9.17, 15) is 4.79 Å². The zero-order chi connectivity index (χ0) is 25.4. The maximum Gasteiger partial charge on any atom is 0.137 e. The van der Waals surface area contributed by atoms with Crippen LogP contribution in [-0.4, -0.2) is 67.1 Å². The van der Waals surface area contributed by atoms with Crippen molar-refractivity contribution in [3.05, 3.63) is 22.3 Å². The van der Waals surface area contributed by atoms with E-state index in [1.807, 2.05) is 0 Å². The van der Waals surface area contributed by atoms with Gasteiger partial charge in [0, 0.05) is 44.4 Å². The standard InChI is InChI=1S/C32H50N2O2/c1-19-13-29-31(34(18-19)12-11-33(5)6)22(4)32(36-29)10-9-26-25-8-7-23-15-24(35)14-20(2)30(23)28(25)16-27(26)21(3)17-32/h19-20,22,25-26,28-29,31H,7-18H2,1-6H3/t19-,20+,22+,25-,26-,28-,29+,31-,32-/m0/s1. The molecule has 4 heteroatoms. The van der Waals surface area contributed by atoms with Gasteiger partial charge in [0.1, 0.15) is 5.78 Å². The van der Waals surface area contributed by atoms with Gasteiger partial charge in [-0.3, -0.25) is 9.69 Å². The molecule has 6 aliphatic rings. The summed E-state index contributed by atoms with van der Waals surface area (Å²) in [4.78, 5) is 17.4. The van der Waals surface area contributed by atoms with E-state index >= 15 is 0 Å². The highest BCUT2D eigenvalue weighted by Gasteiger charge is 2.58. The van der Waals surface area contributed by atoms with Crippen molar-refractivity contribution >= 4 is 5.78 Å². The summed E-state index contributed by atoms with van der Waals surface area (Å²) in [6.45, 7) is 13.3. The molecule has 2 saturated heterocycles. The number of rotatable bonds is 3. The number of fused-ring (bicyclic) bond motifs is 5. The first-order valence-electron chi connectivity index (χ1n) is 15.2. The summed E-state index contributed by atoms with van der Waals surface area (Å²) in [7, 11) is 4.40. The van der Waals surface area contributed by atoms with Gasteiger partial charge in [-0.15, -0.1) is 0 Å². The van der Waals surface area contributed by atoms with Crippen molar-refractivity contribution in [3.63, 3.8) is 0 Å². The van der Waals surface area contributed by atoms with Crippen molar-refractivity contribution in [2.75, 3.05) is 33.7 Å². The molecule has 36 heavy (non-hydrogen) atoms. The minimum atomic E-state index is 0.0241. The molecule has 0 radical (unpaired) electrons. The molecule has 0 aromatic rings. The number of hydrogen-bond acceptors (Lipinski definition) is 4. The lowest BCUT2D eigenvalue weighted by molar-refractivity contribution is -0.119. The van der Waals surface area contributed by atoms with Gasteiger partial charge in [-0.1, -0.05) is 43.1 Å². The highest BCUT2D eigenvalue weighted by Crippen LogP contribution is 2.60. The van der Waals surface area contributed by atoms with Gasteiger partial charge in [0.15, 0.2) is 0 Å². The first-order valence-corrected chi connectivity index (χ1v) is 15.2. The summed E-state index contributed by atoms with van der Waals surface area (Å²) >= 11 is 0. The molecule has 200 valence electrons. The maximum absolute atomic E-state index is 12.3. The molecule has 0 bridgehead atoms. The van der Waals surface area contributed by atoms with E-state index in [-0.39, 0.29) is 5.60 Å². The largest absolute Gasteiger partial charge is 0.369 e. The van der Waals surface area contributed by atoms with E-state index in [2.05, 4.69) is 51.6 Å². The van der Waals surface area contributed by atoms with Gasteiger partial charge in [-0.05, 0) is 95.6 Å². The first-order chi connectivity index (χ1) is 17.2. The molecule has 0 aromatic heterocycles. The van der Waals surface area contributed by atoms with Crippen LogP contribution in [0.3, 0.4) is 0 Å². The van der Waals surface area contributed by atoms with E-state index < -0.39 is 0 Å². The lowest BCUT2D eigenvalue weighted by Gasteiger charge is -2.42. The van der Waals surface area contributed by atoms with Crippen LogP contribution in [0, 0.1) is 35.5 Å². The van der Waals surface area contributed by atoms with Crippen LogP contribution < -0.4 is 0 Å². The summed E-state index contributed by atoms with van der Waals surface area (Å²) in [5.74, 6) is 4.52. The van der Waals surface area contributed by atoms with Gasteiger partial charge in [0.25, 0.3) is 0 Å². The Morgan fingerprint density at radius 2 is 1.92 bits per heavy atom. The Morgan fingerprint density at radius 3 is 2.69 bits per heavy atom. The lowest BCUT2D eigenvalue weighted by Crippen LogP contribution is -2.53. The van der Waals surface area contributed by atoms with Crippen LogP contribution in [0.5, 0.6) is 0 Å². The summed E-state index contributed by atoms with van der Waals surface area (Å²) in [6.07, 6.45) is 10.6. The fourth-order valence-corrected chi connectivity index (χ4v) is 10.1. The molecule has 9 atom stereocenters. The number of likely N-dealkylation sites (N-methyl/N-ethyl adjacent to an activating group) is 1. The molecule has 3 fully saturated rings. The fourth-order valence-electron chi connectivity index (χ4n) is 10.1. The number of carbonyl (C=O) groups excluding carboxylic acids is 1. The second kappa shape index (κ2) is 9.35. The first kappa shape index (κ1) is 25.3. The summed E-state index contributed by atoms with van der Waals surface area (Å²) in [6, 6.07) is 0.577. The van der Waals surface area contributed by atoms with E-state index in [4.69, 9.17) is 4.74 Å². The number of ether oxygens (including phenoxy) is 1. The SMILES string of the molecule is CC1=C2C[C@@H]3C4=C(CC[C@H]3[C@@H]2CC[C@@]2(C1)O[C@@H]1C[C@H](C)CN(CCN(C)C)[C@H]1[C@H]2C)CC(=O)C[C@H]4C. The number of piperidine rings is 1. The van der Waals surface area contributed by atoms with E-state index in [1.54, 1.807) is 16.7 Å². The number of ketones is 1. The average Bonchev–Trinajstić information content (AvgIpc) is 3.26. The van der Waals surface area contributed by atoms with Crippen molar-refractivity contribution < 1.29 is 9.53 Å². The quantitative estimate of drug-likeness (QED) is 0.459. The Kier molecular flexibility index (Phi) is 6.57. The normalized spacial score (nSPS) is 45.1. The van der Waals surface area contributed by atoms with Gasteiger partial charge >= 0.3 is 0 Å². The van der Waals surface area contributed by atoms with E-state index in [1.165, 1.54) is 50.6 Å². The molecule has 4 nitrogen and oxygen atoms in total. The van der Waals surface area contributed by atoms with Crippen LogP contribution in [0.25, 0.3) is 0 Å². The maximum atomic E-state index is 12.3. The molecular weight excluding hydrogens is 444 g/mol. The monoisotopic (exact) mass is 494 g/mol. The van der Waals surface area contributed by atoms with Crippen LogP contribution in [0.4, 0.5) is 0 Å². The van der Waals surface area contributed by atoms with Crippen LogP contribution in [0.1, 0.15) is 85.5 Å². The van der Waals surface area contributed by atoms with Gasteiger partial charge in [0.2, 0.25) is 0 Å². The highest BCUT2D eigenvalue weighted by atomic mass is 16.5. The van der Waals surface area contributed by atoms with Crippen molar-refractivity contribution in [1.29, 1.82) is 0 Å². The Morgan fingerprint density at radius 1 is 1.11 bits per heavy atom. The molecule has 0 amide bonds. The number of nitrogens with zero attached hydrogens (tertiary/aromatic N) is 2. The number of likely N-dealkylation sites (tertiary alicyclic amines) is 1. The fraction of sp³-hybridized carbons (Fsp3) is 0.844. The molecule has 2 heterocycles. The Bertz CT molecular complexity index is 965. The van der Waals surface area contributed by atoms with Gasteiger partial charge in [-0.2, -0.15) is 0 Å². The van der Waals surface area contributed by atoms with Gasteiger partial charge in [0.05, 0.1) is 11.7 Å². The highest BCUT2D eigenvalue weighted by molar-refractivity contribution is 5.83. The van der Waals surface area contributed by atoms with E-state index in [0.29, 0.717) is 35.7 Å². The molecule has 0 N–H and O–H groups in total. The minimum Gasteiger partial charge on any atom is -0.369 e. The Hall–Kier alpha value is -0.970. The smallest absolute Gasteiger partial charge is 0.137 e. The van der Waals surface area contributed by atoms with Gasteiger partial charge in [-0.25, -0.2) is 0 Å². The summed E-state index contributed by atoms with van der Waals surface area (Å²) in [5.41, 5.74) is 6.73. The van der Waals surface area contributed by atoms with E-state index in [0.717, 1.165) is 50.1 Å². The molecule has 1 saturated carbocycles. The second-order valence-corrected chi connectivity index (χ2v) is 14.2. The van der Waals surface area contributed by atoms with Crippen LogP contribution in [0.2, 0.25) is 0 Å². The molecule has 2 aliphatic heterocycles. The molecule has 0 unspecified atom stereocenters. The van der Waals surface area contributed by atoms with Crippen molar-refractivity contribution in [1.82, 2.24) is 9.80 Å². The van der Waals surface area contributed by atoms with Gasteiger partial charge < -0.3 is 9.64 Å². The third-order valence-corrected chi connectivity index (χ3v) is 11.5. The lowest BCUT2D eigenvalue weighted by atomic mass is 9.66. The number of Topliss-reactive ketones (excluding diaryl/α,β-unsaturated/α-hetero) is 1. The van der Waals surface area contributed by atoms with Crippen LogP contribution >= 0.6 is 0 Å². The zero-order valence-electron chi connectivity index (χ0n) is 23.8.